The minimum absolute atomic E-state index is 0.141. The molecule has 0 atom stereocenters. The lowest BCUT2D eigenvalue weighted by Crippen LogP contribution is -2.29. The Morgan fingerprint density at radius 1 is 1.05 bits per heavy atom. The highest BCUT2D eigenvalue weighted by atomic mass is 32.2. The lowest BCUT2D eigenvalue weighted by Gasteiger charge is -2.19. The van der Waals surface area contributed by atoms with Gasteiger partial charge in [0.15, 0.2) is 0 Å². The number of nitrogens with one attached hydrogen (secondary N) is 1. The van der Waals surface area contributed by atoms with E-state index >= 15 is 0 Å². The number of nitrogens with zero attached hydrogens (tertiary/aromatic N) is 2. The lowest BCUT2D eigenvalue weighted by atomic mass is 10.1. The molecule has 0 aliphatic heterocycles. The topological polar surface area (TPSA) is 52.7 Å². The average Bonchev–Trinajstić information content (AvgIpc) is 2.26. The summed E-state index contributed by atoms with van der Waals surface area (Å²) < 4.78 is 64.7. The Morgan fingerprint density at radius 2 is 1.60 bits per heavy atom. The number of halogens is 3. The molecule has 5 nitrogen and oxygen atoms in total. The van der Waals surface area contributed by atoms with Gasteiger partial charge in [0.2, 0.25) is 0 Å². The number of anilines is 2. The zero-order valence-corrected chi connectivity index (χ0v) is 12.3. The molecule has 0 aromatic heterocycles. The van der Waals surface area contributed by atoms with Crippen LogP contribution in [-0.4, -0.2) is 40.9 Å². The van der Waals surface area contributed by atoms with Crippen LogP contribution in [0.3, 0.4) is 0 Å². The molecular formula is C11H16F3N3O2S. The number of benzene rings is 1. The van der Waals surface area contributed by atoms with Gasteiger partial charge in [-0.25, -0.2) is 0 Å². The fourth-order valence-electron chi connectivity index (χ4n) is 1.33. The fourth-order valence-corrected chi connectivity index (χ4v) is 1.93. The molecule has 0 saturated heterocycles. The Morgan fingerprint density at radius 3 is 2.00 bits per heavy atom. The molecule has 0 amide bonds. The summed E-state index contributed by atoms with van der Waals surface area (Å²) in [6, 6.07) is 3.04. The SMILES string of the molecule is CN(C)c1cc(NS(=O)(=O)N(C)C)cc(C(F)(F)F)c1. The standard InChI is InChI=1S/C11H16F3N3O2S/c1-16(2)10-6-8(11(12,13)14)5-9(7-10)15-20(18,19)17(3)4/h5-7,15H,1-4H3. The summed E-state index contributed by atoms with van der Waals surface area (Å²) in [7, 11) is 1.84. The number of alkyl halides is 3. The molecule has 0 radical (unpaired) electrons. The molecule has 1 aromatic rings. The predicted octanol–water partition coefficient (Wildman–Crippen LogP) is 1.99. The monoisotopic (exact) mass is 311 g/mol. The van der Waals surface area contributed by atoms with E-state index < -0.39 is 21.9 Å². The zero-order chi connectivity index (χ0) is 15.7. The number of hydrogen-bond acceptors (Lipinski definition) is 3. The van der Waals surface area contributed by atoms with Gasteiger partial charge in [-0.3, -0.25) is 4.72 Å². The second-order valence-corrected chi connectivity index (χ2v) is 6.43. The van der Waals surface area contributed by atoms with Crippen molar-refractivity contribution in [1.82, 2.24) is 4.31 Å². The van der Waals surface area contributed by atoms with Gasteiger partial charge in [0.05, 0.1) is 11.3 Å². The van der Waals surface area contributed by atoms with Gasteiger partial charge < -0.3 is 4.90 Å². The van der Waals surface area contributed by atoms with Crippen LogP contribution in [0.5, 0.6) is 0 Å². The predicted molar refractivity (Wildman–Crippen MR) is 72.0 cm³/mol. The summed E-state index contributed by atoms with van der Waals surface area (Å²) in [6.45, 7) is 0. The van der Waals surface area contributed by atoms with Crippen LogP contribution in [0.2, 0.25) is 0 Å². The minimum Gasteiger partial charge on any atom is -0.378 e. The van der Waals surface area contributed by atoms with Crippen molar-refractivity contribution in [2.75, 3.05) is 37.8 Å². The van der Waals surface area contributed by atoms with Crippen molar-refractivity contribution in [2.24, 2.45) is 0 Å². The third-order valence-electron chi connectivity index (χ3n) is 2.49. The Labute approximate surface area is 116 Å². The first kappa shape index (κ1) is 16.6. The smallest absolute Gasteiger partial charge is 0.378 e. The summed E-state index contributed by atoms with van der Waals surface area (Å²) in [5.74, 6) is 0. The third-order valence-corrected chi connectivity index (χ3v) is 3.94. The van der Waals surface area contributed by atoms with E-state index in [0.717, 1.165) is 16.4 Å². The van der Waals surface area contributed by atoms with Crippen molar-refractivity contribution in [3.8, 4) is 0 Å². The number of rotatable bonds is 4. The van der Waals surface area contributed by atoms with Crippen molar-refractivity contribution in [1.29, 1.82) is 0 Å². The Hall–Kier alpha value is -1.48. The molecule has 1 aromatic carbocycles. The zero-order valence-electron chi connectivity index (χ0n) is 11.5. The van der Waals surface area contributed by atoms with Gasteiger partial charge in [0.1, 0.15) is 0 Å². The van der Waals surface area contributed by atoms with Crippen LogP contribution < -0.4 is 9.62 Å². The molecule has 0 heterocycles. The summed E-state index contributed by atoms with van der Waals surface area (Å²) in [4.78, 5) is 1.46. The molecule has 114 valence electrons. The summed E-state index contributed by atoms with van der Waals surface area (Å²) in [5, 5.41) is 0. The van der Waals surface area contributed by atoms with Crippen LogP contribution in [0, 0.1) is 0 Å². The second kappa shape index (κ2) is 5.49. The van der Waals surface area contributed by atoms with Crippen molar-refractivity contribution in [3.63, 3.8) is 0 Å². The van der Waals surface area contributed by atoms with E-state index in [0.29, 0.717) is 0 Å². The molecule has 0 aliphatic carbocycles. The van der Waals surface area contributed by atoms with E-state index in [1.165, 1.54) is 25.1 Å². The lowest BCUT2D eigenvalue weighted by molar-refractivity contribution is -0.137. The van der Waals surface area contributed by atoms with E-state index in [1.54, 1.807) is 14.1 Å². The normalized spacial score (nSPS) is 12.6. The van der Waals surface area contributed by atoms with Gasteiger partial charge in [0.25, 0.3) is 0 Å². The fraction of sp³-hybridized carbons (Fsp3) is 0.455. The first-order valence-electron chi connectivity index (χ1n) is 5.53. The maximum atomic E-state index is 12.8. The van der Waals surface area contributed by atoms with Gasteiger partial charge in [-0.2, -0.15) is 25.9 Å². The minimum atomic E-state index is -4.55. The highest BCUT2D eigenvalue weighted by Crippen LogP contribution is 2.34. The second-order valence-electron chi connectivity index (χ2n) is 4.55. The average molecular weight is 311 g/mol. The molecule has 0 saturated carbocycles. The maximum absolute atomic E-state index is 12.8. The summed E-state index contributed by atoms with van der Waals surface area (Å²) >= 11 is 0. The molecule has 9 heteroatoms. The van der Waals surface area contributed by atoms with Crippen LogP contribution in [0.4, 0.5) is 24.5 Å². The van der Waals surface area contributed by atoms with E-state index in [1.807, 2.05) is 0 Å². The quantitative estimate of drug-likeness (QED) is 0.925. The van der Waals surface area contributed by atoms with Crippen LogP contribution in [0.1, 0.15) is 5.56 Å². The van der Waals surface area contributed by atoms with Crippen LogP contribution >= 0.6 is 0 Å². The van der Waals surface area contributed by atoms with Crippen molar-refractivity contribution in [3.05, 3.63) is 23.8 Å². The molecule has 1 rings (SSSR count). The van der Waals surface area contributed by atoms with Crippen LogP contribution in [0.15, 0.2) is 18.2 Å². The van der Waals surface area contributed by atoms with Crippen LogP contribution in [0.25, 0.3) is 0 Å². The van der Waals surface area contributed by atoms with Gasteiger partial charge >= 0.3 is 16.4 Å². The molecule has 0 aliphatic rings. The molecule has 0 spiro atoms. The summed E-state index contributed by atoms with van der Waals surface area (Å²) in [5.41, 5.74) is -0.811. The van der Waals surface area contributed by atoms with Crippen molar-refractivity contribution < 1.29 is 21.6 Å². The van der Waals surface area contributed by atoms with Crippen molar-refractivity contribution in [2.45, 2.75) is 6.18 Å². The van der Waals surface area contributed by atoms with E-state index in [-0.39, 0.29) is 11.4 Å². The molecular weight excluding hydrogens is 295 g/mol. The van der Waals surface area contributed by atoms with Gasteiger partial charge in [-0.05, 0) is 18.2 Å². The molecule has 20 heavy (non-hydrogen) atoms. The summed E-state index contributed by atoms with van der Waals surface area (Å²) in [6.07, 6.45) is -4.55. The Balaban J connectivity index is 3.30. The highest BCUT2D eigenvalue weighted by molar-refractivity contribution is 7.90. The maximum Gasteiger partial charge on any atom is 0.416 e. The van der Waals surface area contributed by atoms with Gasteiger partial charge in [-0.15, -0.1) is 0 Å². The molecule has 0 bridgehead atoms. The molecule has 0 fully saturated rings. The van der Waals surface area contributed by atoms with Gasteiger partial charge in [-0.1, -0.05) is 0 Å². The Kier molecular flexibility index (Phi) is 4.55. The van der Waals surface area contributed by atoms with Crippen molar-refractivity contribution >= 4 is 21.6 Å². The third kappa shape index (κ3) is 4.01. The molecule has 1 N–H and O–H groups in total. The first-order chi connectivity index (χ1) is 8.93. The first-order valence-corrected chi connectivity index (χ1v) is 6.97. The largest absolute Gasteiger partial charge is 0.416 e. The van der Waals surface area contributed by atoms with E-state index in [4.69, 9.17) is 0 Å². The van der Waals surface area contributed by atoms with E-state index in [2.05, 4.69) is 4.72 Å². The van der Waals surface area contributed by atoms with E-state index in [9.17, 15) is 21.6 Å². The molecule has 0 unspecified atom stereocenters. The number of hydrogen-bond donors (Lipinski definition) is 1. The van der Waals surface area contributed by atoms with Crippen LogP contribution in [-0.2, 0) is 16.4 Å². The highest BCUT2D eigenvalue weighted by Gasteiger charge is 2.31. The van der Waals surface area contributed by atoms with Gasteiger partial charge in [0, 0.05) is 33.9 Å². The Bertz CT molecular complexity index is 583.